The Bertz CT molecular complexity index is 702. The lowest BCUT2D eigenvalue weighted by Gasteiger charge is -2.12. The van der Waals surface area contributed by atoms with Crippen molar-refractivity contribution in [3.05, 3.63) is 41.9 Å². The highest BCUT2D eigenvalue weighted by Crippen LogP contribution is 2.19. The molecule has 0 radical (unpaired) electrons. The van der Waals surface area contributed by atoms with Gasteiger partial charge in [0.1, 0.15) is 17.6 Å². The third-order valence-corrected chi connectivity index (χ3v) is 3.03. The molecule has 0 bridgehead atoms. The van der Waals surface area contributed by atoms with Crippen molar-refractivity contribution in [2.24, 2.45) is 0 Å². The van der Waals surface area contributed by atoms with E-state index in [1.807, 2.05) is 0 Å². The minimum absolute atomic E-state index is 0.0916. The fourth-order valence-electron chi connectivity index (χ4n) is 1.81. The van der Waals surface area contributed by atoms with Crippen molar-refractivity contribution in [3.8, 4) is 11.3 Å². The summed E-state index contributed by atoms with van der Waals surface area (Å²) in [6.45, 7) is 1.61. The molecule has 2 aromatic rings. The summed E-state index contributed by atoms with van der Waals surface area (Å²) in [5, 5.41) is 8.76. The van der Waals surface area contributed by atoms with E-state index in [1.54, 1.807) is 18.2 Å². The van der Waals surface area contributed by atoms with Crippen LogP contribution >= 0.6 is 0 Å². The number of amides is 2. The molecular weight excluding hydrogens is 305 g/mol. The molecule has 1 unspecified atom stereocenters. The summed E-state index contributed by atoms with van der Waals surface area (Å²) in [5.41, 5.74) is 1.04. The summed E-state index contributed by atoms with van der Waals surface area (Å²) in [6, 6.07) is 6.79. The van der Waals surface area contributed by atoms with Crippen LogP contribution in [-0.2, 0) is 16.1 Å². The second kappa shape index (κ2) is 7.39. The summed E-state index contributed by atoms with van der Waals surface area (Å²) in [4.78, 5) is 22.8. The Morgan fingerprint density at radius 2 is 2.17 bits per heavy atom. The number of aromatic nitrogens is 1. The third-order valence-electron chi connectivity index (χ3n) is 3.03. The van der Waals surface area contributed by atoms with Gasteiger partial charge in [-0.1, -0.05) is 17.3 Å². The van der Waals surface area contributed by atoms with E-state index < -0.39 is 18.0 Å². The number of nitrogens with zero attached hydrogens (tertiary/aromatic N) is 1. The van der Waals surface area contributed by atoms with E-state index in [0.29, 0.717) is 17.0 Å². The molecule has 1 aromatic heterocycles. The number of hydrogen-bond acceptors (Lipinski definition) is 5. The Hall–Kier alpha value is -2.90. The summed E-state index contributed by atoms with van der Waals surface area (Å²) >= 11 is 0. The van der Waals surface area contributed by atoms with Gasteiger partial charge in [0, 0.05) is 11.6 Å². The van der Waals surface area contributed by atoms with Crippen molar-refractivity contribution >= 4 is 12.0 Å². The second-order valence-electron chi connectivity index (χ2n) is 4.76. The van der Waals surface area contributed by atoms with Gasteiger partial charge in [0.05, 0.1) is 13.7 Å². The van der Waals surface area contributed by atoms with Crippen molar-refractivity contribution in [1.29, 1.82) is 0 Å². The maximum absolute atomic E-state index is 13.2. The molecule has 23 heavy (non-hydrogen) atoms. The van der Waals surface area contributed by atoms with Crippen LogP contribution in [0.25, 0.3) is 11.3 Å². The van der Waals surface area contributed by atoms with E-state index in [-0.39, 0.29) is 12.4 Å². The lowest BCUT2D eigenvalue weighted by atomic mass is 10.1. The zero-order valence-electron chi connectivity index (χ0n) is 12.6. The largest absolute Gasteiger partial charge is 0.453 e. The highest BCUT2D eigenvalue weighted by Gasteiger charge is 2.16. The number of rotatable bonds is 5. The molecule has 0 fully saturated rings. The van der Waals surface area contributed by atoms with E-state index >= 15 is 0 Å². The van der Waals surface area contributed by atoms with Gasteiger partial charge >= 0.3 is 6.09 Å². The Morgan fingerprint density at radius 3 is 2.87 bits per heavy atom. The number of nitrogens with one attached hydrogen (secondary N) is 2. The SMILES string of the molecule is COC(=O)NC(C)C(=O)NCc1cc(-c2cccc(F)c2)no1. The molecule has 0 aliphatic heterocycles. The van der Waals surface area contributed by atoms with E-state index in [4.69, 9.17) is 4.52 Å². The molecule has 0 spiro atoms. The Balaban J connectivity index is 1.92. The van der Waals surface area contributed by atoms with Crippen molar-refractivity contribution in [3.63, 3.8) is 0 Å². The molecule has 2 N–H and O–H groups in total. The molecular formula is C15H16FN3O4. The minimum Gasteiger partial charge on any atom is -0.453 e. The van der Waals surface area contributed by atoms with Crippen LogP contribution in [0.4, 0.5) is 9.18 Å². The van der Waals surface area contributed by atoms with E-state index in [1.165, 1.54) is 26.2 Å². The number of carbonyl (C=O) groups excluding carboxylic acids is 2. The number of methoxy groups -OCH3 is 1. The molecule has 7 nitrogen and oxygen atoms in total. The minimum atomic E-state index is -0.756. The number of hydrogen-bond donors (Lipinski definition) is 2. The van der Waals surface area contributed by atoms with Crippen molar-refractivity contribution in [2.75, 3.05) is 7.11 Å². The summed E-state index contributed by atoms with van der Waals surface area (Å²) in [7, 11) is 1.21. The van der Waals surface area contributed by atoms with Gasteiger partial charge in [-0.15, -0.1) is 0 Å². The molecule has 0 saturated carbocycles. The standard InChI is InChI=1S/C15H16FN3O4/c1-9(18-15(21)22-2)14(20)17-8-12-7-13(19-23-12)10-4-3-5-11(16)6-10/h3-7,9H,8H2,1-2H3,(H,17,20)(H,18,21). The fourth-order valence-corrected chi connectivity index (χ4v) is 1.81. The van der Waals surface area contributed by atoms with Gasteiger partial charge in [-0.25, -0.2) is 9.18 Å². The molecule has 8 heteroatoms. The van der Waals surface area contributed by atoms with Gasteiger partial charge < -0.3 is 19.9 Å². The first-order valence-corrected chi connectivity index (χ1v) is 6.83. The number of alkyl carbamates (subject to hydrolysis) is 1. The predicted octanol–water partition coefficient (Wildman–Crippen LogP) is 1.84. The predicted molar refractivity (Wildman–Crippen MR) is 78.7 cm³/mol. The topological polar surface area (TPSA) is 93.5 Å². The molecule has 1 heterocycles. The van der Waals surface area contributed by atoms with Gasteiger partial charge in [-0.3, -0.25) is 4.79 Å². The molecule has 1 atom stereocenters. The average molecular weight is 321 g/mol. The maximum Gasteiger partial charge on any atom is 0.407 e. The lowest BCUT2D eigenvalue weighted by Crippen LogP contribution is -2.44. The van der Waals surface area contributed by atoms with Crippen LogP contribution in [0.1, 0.15) is 12.7 Å². The van der Waals surface area contributed by atoms with Gasteiger partial charge in [-0.05, 0) is 19.1 Å². The average Bonchev–Trinajstić information content (AvgIpc) is 3.01. The molecule has 2 amide bonds. The summed E-state index contributed by atoms with van der Waals surface area (Å²) in [5.74, 6) is -0.370. The second-order valence-corrected chi connectivity index (χ2v) is 4.76. The zero-order valence-corrected chi connectivity index (χ0v) is 12.6. The quantitative estimate of drug-likeness (QED) is 0.876. The van der Waals surface area contributed by atoms with Gasteiger partial charge in [0.25, 0.3) is 0 Å². The first-order valence-electron chi connectivity index (χ1n) is 6.83. The number of halogens is 1. The van der Waals surface area contributed by atoms with Gasteiger partial charge in [0.15, 0.2) is 5.76 Å². The lowest BCUT2D eigenvalue weighted by molar-refractivity contribution is -0.122. The highest BCUT2D eigenvalue weighted by atomic mass is 19.1. The molecule has 0 saturated heterocycles. The smallest absolute Gasteiger partial charge is 0.407 e. The van der Waals surface area contributed by atoms with Crippen LogP contribution < -0.4 is 10.6 Å². The molecule has 122 valence electrons. The first-order chi connectivity index (χ1) is 11.0. The third kappa shape index (κ3) is 4.53. The van der Waals surface area contributed by atoms with Crippen LogP contribution in [0.5, 0.6) is 0 Å². The van der Waals surface area contributed by atoms with Crippen molar-refractivity contribution in [2.45, 2.75) is 19.5 Å². The first kappa shape index (κ1) is 16.5. The zero-order chi connectivity index (χ0) is 16.8. The highest BCUT2D eigenvalue weighted by molar-refractivity contribution is 5.85. The van der Waals surface area contributed by atoms with Gasteiger partial charge in [0.2, 0.25) is 5.91 Å². The number of carbonyl (C=O) groups is 2. The molecule has 1 aromatic carbocycles. The normalized spacial score (nSPS) is 11.6. The van der Waals surface area contributed by atoms with Crippen LogP contribution in [-0.4, -0.2) is 30.3 Å². The summed E-state index contributed by atoms with van der Waals surface area (Å²) < 4.78 is 22.7. The van der Waals surface area contributed by atoms with E-state index in [0.717, 1.165) is 0 Å². The van der Waals surface area contributed by atoms with Crippen molar-refractivity contribution < 1.29 is 23.2 Å². The number of ether oxygens (including phenoxy) is 1. The van der Waals surface area contributed by atoms with E-state index in [9.17, 15) is 14.0 Å². The maximum atomic E-state index is 13.2. The van der Waals surface area contributed by atoms with Crippen LogP contribution in [0, 0.1) is 5.82 Å². The Kier molecular flexibility index (Phi) is 5.29. The Morgan fingerprint density at radius 1 is 1.39 bits per heavy atom. The number of benzene rings is 1. The van der Waals surface area contributed by atoms with Crippen LogP contribution in [0.3, 0.4) is 0 Å². The van der Waals surface area contributed by atoms with E-state index in [2.05, 4.69) is 20.5 Å². The summed E-state index contributed by atoms with van der Waals surface area (Å²) in [6.07, 6.45) is -0.694. The molecule has 0 aliphatic carbocycles. The van der Waals surface area contributed by atoms with Gasteiger partial charge in [-0.2, -0.15) is 0 Å². The monoisotopic (exact) mass is 321 g/mol. The fraction of sp³-hybridized carbons (Fsp3) is 0.267. The molecule has 2 rings (SSSR count). The van der Waals surface area contributed by atoms with Crippen molar-refractivity contribution in [1.82, 2.24) is 15.8 Å². The van der Waals surface area contributed by atoms with Crippen LogP contribution in [0.2, 0.25) is 0 Å². The molecule has 0 aliphatic rings. The Labute approximate surface area is 131 Å². The van der Waals surface area contributed by atoms with Crippen LogP contribution in [0.15, 0.2) is 34.9 Å².